The summed E-state index contributed by atoms with van der Waals surface area (Å²) < 4.78 is 23.5. The van der Waals surface area contributed by atoms with Crippen LogP contribution in [0.4, 0.5) is 0 Å². The van der Waals surface area contributed by atoms with E-state index in [0.29, 0.717) is 17.4 Å². The van der Waals surface area contributed by atoms with E-state index in [2.05, 4.69) is 141 Å². The Kier molecular flexibility index (Phi) is 63.5. The van der Waals surface area contributed by atoms with Gasteiger partial charge < -0.3 is 28.8 Å². The van der Waals surface area contributed by atoms with Crippen LogP contribution in [0.2, 0.25) is 0 Å². The van der Waals surface area contributed by atoms with E-state index in [4.69, 9.17) is 9.05 Å². The molecule has 0 spiro atoms. The number of phosphoric acid groups is 1. The van der Waals surface area contributed by atoms with Gasteiger partial charge in [0.2, 0.25) is 5.91 Å². The lowest BCUT2D eigenvalue weighted by molar-refractivity contribution is -0.870. The lowest BCUT2D eigenvalue weighted by atomic mass is 10.0. The Bertz CT molecular complexity index is 1870. The van der Waals surface area contributed by atoms with Crippen molar-refractivity contribution < 1.29 is 32.9 Å². The number of quaternary nitrogens is 1. The van der Waals surface area contributed by atoms with Crippen LogP contribution in [-0.2, 0) is 18.4 Å². The van der Waals surface area contributed by atoms with Crippen molar-refractivity contribution in [3.05, 3.63) is 134 Å². The molecule has 0 saturated heterocycles. The minimum absolute atomic E-state index is 0.00846. The number of hydrogen-bond donors (Lipinski definition) is 2. The first kappa shape index (κ1) is 82.6. The molecule has 0 radical (unpaired) electrons. The number of rotatable bonds is 64. The highest BCUT2D eigenvalue weighted by atomic mass is 31.2. The maximum Gasteiger partial charge on any atom is 0.268 e. The van der Waals surface area contributed by atoms with Crippen molar-refractivity contribution >= 4 is 13.7 Å². The van der Waals surface area contributed by atoms with Gasteiger partial charge in [-0.05, 0) is 96.3 Å². The standard InChI is InChI=1S/C77H135N2O6P/c1-6-8-10-12-14-16-18-20-22-24-26-28-30-32-33-34-35-36-37-38-39-40-41-42-43-44-45-47-49-51-53-55-57-59-61-63-65-67-69-71-77(81)78-75(74-85-86(82,83)84-73-72-79(3,4)5)76(80)70-68-66-64-62-60-58-56-54-52-50-48-46-31-29-27-25-23-21-19-17-15-13-11-9-7-2/h8,10,14,16,20,22,26,28,32-33,35-36,38-39,41-42,44-45,49,51,68,70,75-76,80H,6-7,9,11-13,15,17-19,21,23-25,27,29-31,34,37,40,43,46-48,50,52-67,69,71-74H2,1-5H3,(H-,78,81,82,83)/b10-8-,16-14-,22-20-,28-26-,33-32-,36-35-,39-38-,42-41-,45-44-,51-49-,70-68+. The van der Waals surface area contributed by atoms with E-state index in [-0.39, 0.29) is 19.1 Å². The molecule has 0 rings (SSSR count). The van der Waals surface area contributed by atoms with Crippen molar-refractivity contribution in [3.8, 4) is 0 Å². The van der Waals surface area contributed by atoms with Crippen LogP contribution in [0, 0.1) is 0 Å². The highest BCUT2D eigenvalue weighted by Gasteiger charge is 2.23. The molecule has 9 heteroatoms. The summed E-state index contributed by atoms with van der Waals surface area (Å²) >= 11 is 0. The lowest BCUT2D eigenvalue weighted by Crippen LogP contribution is -2.45. The number of unbranched alkanes of at least 4 members (excludes halogenated alkanes) is 31. The summed E-state index contributed by atoms with van der Waals surface area (Å²) in [4.78, 5) is 25.6. The van der Waals surface area contributed by atoms with Crippen LogP contribution < -0.4 is 10.2 Å². The Morgan fingerprint density at radius 3 is 1.03 bits per heavy atom. The number of likely N-dealkylation sites (N-methyl/N-ethyl adjacent to an activating group) is 1. The van der Waals surface area contributed by atoms with Gasteiger partial charge in [-0.3, -0.25) is 9.36 Å². The summed E-state index contributed by atoms with van der Waals surface area (Å²) in [6, 6.07) is -0.902. The average Bonchev–Trinajstić information content (AvgIpc) is 3.70. The highest BCUT2D eigenvalue weighted by molar-refractivity contribution is 7.45. The Morgan fingerprint density at radius 2 is 0.709 bits per heavy atom. The molecular formula is C77H135N2O6P. The molecule has 0 aromatic heterocycles. The van der Waals surface area contributed by atoms with Crippen LogP contribution in [0.15, 0.2) is 134 Å². The SMILES string of the molecule is CC/C=C\C/C=C\C/C=C\C/C=C\C/C=C\C/C=C\C/C=C\C/C=C\C/C=C\C/C=C\CCCCCCCCCCC(=O)NC(COP(=O)([O-])OCC[N+](C)(C)C)C(O)/C=C/CCCCCCCCCCCCCCCCCCCCCCCCC. The summed E-state index contributed by atoms with van der Waals surface area (Å²) in [5, 5.41) is 14.0. The van der Waals surface area contributed by atoms with Crippen molar-refractivity contribution in [1.82, 2.24) is 5.32 Å². The molecule has 0 fully saturated rings. The first-order valence-corrected chi connectivity index (χ1v) is 37.0. The first-order valence-electron chi connectivity index (χ1n) is 35.5. The van der Waals surface area contributed by atoms with Crippen molar-refractivity contribution in [1.29, 1.82) is 0 Å². The van der Waals surface area contributed by atoms with Gasteiger partial charge in [0.25, 0.3) is 7.82 Å². The topological polar surface area (TPSA) is 108 Å². The lowest BCUT2D eigenvalue weighted by Gasteiger charge is -2.29. The second-order valence-electron chi connectivity index (χ2n) is 24.9. The first-order chi connectivity index (χ1) is 42.0. The molecule has 2 N–H and O–H groups in total. The third kappa shape index (κ3) is 68.1. The number of nitrogens with one attached hydrogen (secondary N) is 1. The molecule has 3 unspecified atom stereocenters. The van der Waals surface area contributed by atoms with Gasteiger partial charge in [-0.1, -0.05) is 327 Å². The molecule has 0 heterocycles. The number of carbonyl (C=O) groups is 1. The summed E-state index contributed by atoms with van der Waals surface area (Å²) in [5.41, 5.74) is 0. The molecule has 86 heavy (non-hydrogen) atoms. The van der Waals surface area contributed by atoms with E-state index in [1.165, 1.54) is 161 Å². The van der Waals surface area contributed by atoms with Crippen LogP contribution in [0.3, 0.4) is 0 Å². The average molecular weight is 1220 g/mol. The summed E-state index contributed by atoms with van der Waals surface area (Å²) in [5.74, 6) is -0.208. The Labute approximate surface area is 532 Å². The zero-order chi connectivity index (χ0) is 62.6. The van der Waals surface area contributed by atoms with E-state index >= 15 is 0 Å². The number of carbonyl (C=O) groups excluding carboxylic acids is 1. The van der Waals surface area contributed by atoms with E-state index in [9.17, 15) is 19.4 Å². The normalized spacial score (nSPS) is 14.5. The fourth-order valence-electron chi connectivity index (χ4n) is 9.89. The van der Waals surface area contributed by atoms with Gasteiger partial charge in [0, 0.05) is 6.42 Å². The summed E-state index contributed by atoms with van der Waals surface area (Å²) in [7, 11) is 1.25. The molecule has 1 amide bonds. The van der Waals surface area contributed by atoms with E-state index in [1.54, 1.807) is 6.08 Å². The quantitative estimate of drug-likeness (QED) is 0.0272. The van der Waals surface area contributed by atoms with Crippen molar-refractivity contribution in [2.75, 3.05) is 40.9 Å². The van der Waals surface area contributed by atoms with E-state index in [0.717, 1.165) is 116 Å². The zero-order valence-corrected chi connectivity index (χ0v) is 57.4. The van der Waals surface area contributed by atoms with Crippen LogP contribution in [-0.4, -0.2) is 68.5 Å². The predicted molar refractivity (Wildman–Crippen MR) is 375 cm³/mol. The molecule has 0 aromatic rings. The van der Waals surface area contributed by atoms with Gasteiger partial charge >= 0.3 is 0 Å². The largest absolute Gasteiger partial charge is 0.756 e. The van der Waals surface area contributed by atoms with E-state index in [1.807, 2.05) is 27.2 Å². The molecule has 0 aliphatic heterocycles. The number of amides is 1. The number of phosphoric ester groups is 1. The number of hydrogen-bond acceptors (Lipinski definition) is 6. The van der Waals surface area contributed by atoms with Gasteiger partial charge in [-0.15, -0.1) is 0 Å². The molecule has 0 aromatic carbocycles. The summed E-state index contributed by atoms with van der Waals surface area (Å²) in [6.07, 6.45) is 99.9. The van der Waals surface area contributed by atoms with Crippen molar-refractivity contribution in [3.63, 3.8) is 0 Å². The molecule has 3 atom stereocenters. The van der Waals surface area contributed by atoms with Crippen molar-refractivity contribution in [2.45, 2.75) is 309 Å². The Morgan fingerprint density at radius 1 is 0.419 bits per heavy atom. The third-order valence-corrected chi connectivity index (χ3v) is 16.3. The number of aliphatic hydroxyl groups excluding tert-OH is 1. The van der Waals surface area contributed by atoms with Gasteiger partial charge in [0.15, 0.2) is 0 Å². The van der Waals surface area contributed by atoms with Gasteiger partial charge in [-0.2, -0.15) is 0 Å². The number of aliphatic hydroxyl groups is 1. The molecule has 0 aliphatic carbocycles. The fourth-order valence-corrected chi connectivity index (χ4v) is 10.6. The van der Waals surface area contributed by atoms with Crippen LogP contribution in [0.5, 0.6) is 0 Å². The summed E-state index contributed by atoms with van der Waals surface area (Å²) in [6.45, 7) is 4.55. The monoisotopic (exact) mass is 1220 g/mol. The van der Waals surface area contributed by atoms with Gasteiger partial charge in [-0.25, -0.2) is 0 Å². The highest BCUT2D eigenvalue weighted by Crippen LogP contribution is 2.38. The maximum atomic E-state index is 13.0. The molecule has 0 bridgehead atoms. The second-order valence-corrected chi connectivity index (χ2v) is 26.3. The molecule has 0 saturated carbocycles. The predicted octanol–water partition coefficient (Wildman–Crippen LogP) is 22.4. The van der Waals surface area contributed by atoms with Gasteiger partial charge in [0.1, 0.15) is 13.2 Å². The zero-order valence-electron chi connectivity index (χ0n) is 56.5. The Balaban J connectivity index is 4.15. The molecule has 8 nitrogen and oxygen atoms in total. The second kappa shape index (κ2) is 66.1. The van der Waals surface area contributed by atoms with Gasteiger partial charge in [0.05, 0.1) is 39.9 Å². The van der Waals surface area contributed by atoms with E-state index < -0.39 is 20.0 Å². The minimum Gasteiger partial charge on any atom is -0.756 e. The molecule has 494 valence electrons. The molecule has 0 aliphatic rings. The third-order valence-electron chi connectivity index (χ3n) is 15.4. The number of nitrogens with zero attached hydrogens (tertiary/aromatic N) is 1. The molecular weight excluding hydrogens is 1080 g/mol. The fraction of sp³-hybridized carbons (Fsp3) is 0.701. The minimum atomic E-state index is -4.62. The van der Waals surface area contributed by atoms with Crippen LogP contribution in [0.25, 0.3) is 0 Å². The maximum absolute atomic E-state index is 13.0. The smallest absolute Gasteiger partial charge is 0.268 e. The van der Waals surface area contributed by atoms with Crippen LogP contribution in [0.1, 0.15) is 296 Å². The van der Waals surface area contributed by atoms with Crippen molar-refractivity contribution in [2.24, 2.45) is 0 Å². The Hall–Kier alpha value is -3.36. The van der Waals surface area contributed by atoms with Crippen LogP contribution >= 0.6 is 7.82 Å². The number of allylic oxidation sites excluding steroid dienone is 21.